The zero-order valence-corrected chi connectivity index (χ0v) is 9.19. The van der Waals surface area contributed by atoms with E-state index in [1.807, 2.05) is 0 Å². The van der Waals surface area contributed by atoms with Gasteiger partial charge >= 0.3 is 0 Å². The predicted octanol–water partition coefficient (Wildman–Crippen LogP) is 2.75. The van der Waals surface area contributed by atoms with Crippen LogP contribution in [0.3, 0.4) is 0 Å². The van der Waals surface area contributed by atoms with Crippen molar-refractivity contribution in [1.29, 1.82) is 0 Å². The Bertz CT molecular complexity index is 543. The minimum Gasteiger partial charge on any atom is -0.383 e. The van der Waals surface area contributed by atoms with E-state index < -0.39 is 17.7 Å². The monoisotopic (exact) mass is 235 g/mol. The molecule has 2 nitrogen and oxygen atoms in total. The molecule has 1 aromatic heterocycles. The van der Waals surface area contributed by atoms with Crippen LogP contribution in [0.4, 0.5) is 8.78 Å². The van der Waals surface area contributed by atoms with E-state index >= 15 is 0 Å². The Labute approximate surface area is 97.6 Å². The van der Waals surface area contributed by atoms with Gasteiger partial charge in [0.1, 0.15) is 17.7 Å². The number of aryl methyl sites for hydroxylation is 1. The van der Waals surface area contributed by atoms with Gasteiger partial charge in [-0.05, 0) is 18.6 Å². The third-order valence-corrected chi connectivity index (χ3v) is 2.61. The molecule has 0 bridgehead atoms. The van der Waals surface area contributed by atoms with Crippen molar-refractivity contribution in [3.63, 3.8) is 0 Å². The molecule has 2 rings (SSSR count). The van der Waals surface area contributed by atoms with E-state index in [0.29, 0.717) is 5.56 Å². The van der Waals surface area contributed by atoms with Gasteiger partial charge in [0.2, 0.25) is 0 Å². The maximum atomic E-state index is 13.8. The van der Waals surface area contributed by atoms with Crippen LogP contribution in [0.15, 0.2) is 36.7 Å². The first kappa shape index (κ1) is 11.7. The topological polar surface area (TPSA) is 33.1 Å². The molecule has 0 aliphatic heterocycles. The number of benzene rings is 1. The SMILES string of the molecule is Cc1cccc(C(O)c2ccncc2F)c1F. The summed E-state index contributed by atoms with van der Waals surface area (Å²) in [5.74, 6) is -1.17. The molecule has 0 amide bonds. The number of nitrogens with zero attached hydrogens (tertiary/aromatic N) is 1. The number of aromatic nitrogens is 1. The molecule has 0 aliphatic rings. The lowest BCUT2D eigenvalue weighted by molar-refractivity contribution is 0.209. The van der Waals surface area contributed by atoms with E-state index in [1.165, 1.54) is 18.3 Å². The maximum absolute atomic E-state index is 13.8. The molecule has 0 saturated carbocycles. The zero-order valence-electron chi connectivity index (χ0n) is 9.19. The predicted molar refractivity (Wildman–Crippen MR) is 59.4 cm³/mol. The molecule has 0 radical (unpaired) electrons. The third-order valence-electron chi connectivity index (χ3n) is 2.61. The van der Waals surface area contributed by atoms with Crippen molar-refractivity contribution in [1.82, 2.24) is 4.98 Å². The summed E-state index contributed by atoms with van der Waals surface area (Å²) in [4.78, 5) is 3.58. The molecular formula is C13H11F2NO. The smallest absolute Gasteiger partial charge is 0.147 e. The number of halogens is 2. The summed E-state index contributed by atoms with van der Waals surface area (Å²) < 4.78 is 27.2. The molecule has 0 fully saturated rings. The van der Waals surface area contributed by atoms with Crippen LogP contribution in [0.5, 0.6) is 0 Å². The highest BCUT2D eigenvalue weighted by Gasteiger charge is 2.19. The van der Waals surface area contributed by atoms with Gasteiger partial charge in [-0.2, -0.15) is 0 Å². The molecule has 2 aromatic rings. The van der Waals surface area contributed by atoms with Crippen LogP contribution < -0.4 is 0 Å². The summed E-state index contributed by atoms with van der Waals surface area (Å²) in [7, 11) is 0. The van der Waals surface area contributed by atoms with Gasteiger partial charge in [-0.15, -0.1) is 0 Å². The van der Waals surface area contributed by atoms with Crippen molar-refractivity contribution in [3.8, 4) is 0 Å². The van der Waals surface area contributed by atoms with Crippen molar-refractivity contribution in [2.24, 2.45) is 0 Å². The van der Waals surface area contributed by atoms with Crippen LogP contribution in [0, 0.1) is 18.6 Å². The first-order chi connectivity index (χ1) is 8.11. The van der Waals surface area contributed by atoms with E-state index in [2.05, 4.69) is 4.98 Å². The number of hydrogen-bond acceptors (Lipinski definition) is 2. The van der Waals surface area contributed by atoms with E-state index in [4.69, 9.17) is 0 Å². The van der Waals surface area contributed by atoms with Gasteiger partial charge in [0, 0.05) is 17.3 Å². The van der Waals surface area contributed by atoms with Crippen LogP contribution in [-0.2, 0) is 0 Å². The van der Waals surface area contributed by atoms with Crippen LogP contribution >= 0.6 is 0 Å². The maximum Gasteiger partial charge on any atom is 0.147 e. The molecule has 0 saturated heterocycles. The first-order valence-corrected chi connectivity index (χ1v) is 5.13. The van der Waals surface area contributed by atoms with E-state index in [9.17, 15) is 13.9 Å². The highest BCUT2D eigenvalue weighted by molar-refractivity contribution is 5.33. The van der Waals surface area contributed by atoms with Gasteiger partial charge in [0.25, 0.3) is 0 Å². The molecular weight excluding hydrogens is 224 g/mol. The van der Waals surface area contributed by atoms with E-state index in [1.54, 1.807) is 19.1 Å². The van der Waals surface area contributed by atoms with Crippen LogP contribution in [0.2, 0.25) is 0 Å². The molecule has 17 heavy (non-hydrogen) atoms. The van der Waals surface area contributed by atoms with Gasteiger partial charge in [0.05, 0.1) is 6.20 Å². The van der Waals surface area contributed by atoms with Crippen molar-refractivity contribution in [2.45, 2.75) is 13.0 Å². The third kappa shape index (κ3) is 2.17. The van der Waals surface area contributed by atoms with Crippen molar-refractivity contribution in [2.75, 3.05) is 0 Å². The zero-order chi connectivity index (χ0) is 12.4. The Morgan fingerprint density at radius 3 is 2.65 bits per heavy atom. The molecule has 88 valence electrons. The summed E-state index contributed by atoms with van der Waals surface area (Å²) in [5.41, 5.74) is 0.496. The average Bonchev–Trinajstić information content (AvgIpc) is 2.32. The van der Waals surface area contributed by atoms with Crippen molar-refractivity contribution in [3.05, 3.63) is 65.0 Å². The molecule has 1 atom stereocenters. The summed E-state index contributed by atoms with van der Waals surface area (Å²) >= 11 is 0. The molecule has 4 heteroatoms. The Morgan fingerprint density at radius 1 is 1.18 bits per heavy atom. The minimum absolute atomic E-state index is 0.0181. The number of aliphatic hydroxyl groups excluding tert-OH is 1. The Hall–Kier alpha value is -1.81. The number of aliphatic hydroxyl groups is 1. The fraction of sp³-hybridized carbons (Fsp3) is 0.154. The minimum atomic E-state index is -1.32. The quantitative estimate of drug-likeness (QED) is 0.868. The summed E-state index contributed by atoms with van der Waals surface area (Å²) in [6.45, 7) is 1.59. The van der Waals surface area contributed by atoms with Gasteiger partial charge in [-0.1, -0.05) is 18.2 Å². The van der Waals surface area contributed by atoms with Crippen LogP contribution in [0.25, 0.3) is 0 Å². The van der Waals surface area contributed by atoms with E-state index in [0.717, 1.165) is 6.20 Å². The lowest BCUT2D eigenvalue weighted by atomic mass is 10.00. The van der Waals surface area contributed by atoms with Crippen molar-refractivity contribution >= 4 is 0 Å². The van der Waals surface area contributed by atoms with E-state index in [-0.39, 0.29) is 11.1 Å². The van der Waals surface area contributed by atoms with Gasteiger partial charge in [-0.3, -0.25) is 4.98 Å². The fourth-order valence-electron chi connectivity index (χ4n) is 1.66. The highest BCUT2D eigenvalue weighted by Crippen LogP contribution is 2.26. The molecule has 1 unspecified atom stereocenters. The Balaban J connectivity index is 2.48. The second kappa shape index (κ2) is 4.59. The number of rotatable bonds is 2. The second-order valence-electron chi connectivity index (χ2n) is 3.78. The Kier molecular flexibility index (Phi) is 3.15. The summed E-state index contributed by atoms with van der Waals surface area (Å²) in [6, 6.07) is 5.99. The number of pyridine rings is 1. The average molecular weight is 235 g/mol. The molecule has 1 heterocycles. The van der Waals surface area contributed by atoms with Crippen LogP contribution in [0.1, 0.15) is 22.8 Å². The normalized spacial score (nSPS) is 12.5. The Morgan fingerprint density at radius 2 is 1.94 bits per heavy atom. The fourth-order valence-corrected chi connectivity index (χ4v) is 1.66. The van der Waals surface area contributed by atoms with Crippen molar-refractivity contribution < 1.29 is 13.9 Å². The first-order valence-electron chi connectivity index (χ1n) is 5.13. The lowest BCUT2D eigenvalue weighted by Crippen LogP contribution is -2.06. The summed E-state index contributed by atoms with van der Waals surface area (Å²) in [5, 5.41) is 9.97. The van der Waals surface area contributed by atoms with Gasteiger partial charge < -0.3 is 5.11 Å². The summed E-state index contributed by atoms with van der Waals surface area (Å²) in [6.07, 6.45) is 1.03. The molecule has 0 aliphatic carbocycles. The van der Waals surface area contributed by atoms with Crippen LogP contribution in [-0.4, -0.2) is 10.1 Å². The van der Waals surface area contributed by atoms with Gasteiger partial charge in [-0.25, -0.2) is 8.78 Å². The molecule has 0 spiro atoms. The largest absolute Gasteiger partial charge is 0.383 e. The lowest BCUT2D eigenvalue weighted by Gasteiger charge is -2.13. The number of hydrogen-bond donors (Lipinski definition) is 1. The second-order valence-corrected chi connectivity index (χ2v) is 3.78. The highest BCUT2D eigenvalue weighted by atomic mass is 19.1. The molecule has 1 aromatic carbocycles. The standard InChI is InChI=1S/C13H11F2NO/c1-8-3-2-4-10(12(8)15)13(17)9-5-6-16-7-11(9)14/h2-7,13,17H,1H3. The van der Waals surface area contributed by atoms with Gasteiger partial charge in [0.15, 0.2) is 0 Å². The molecule has 1 N–H and O–H groups in total.